The highest BCUT2D eigenvalue weighted by molar-refractivity contribution is 7.13. The van der Waals surface area contributed by atoms with Crippen molar-refractivity contribution in [1.82, 2.24) is 24.6 Å². The third-order valence-electron chi connectivity index (χ3n) is 4.21. The van der Waals surface area contributed by atoms with Gasteiger partial charge in [0.05, 0.1) is 29.6 Å². The highest BCUT2D eigenvalue weighted by atomic mass is 31.0. The number of rotatable bonds is 7. The van der Waals surface area contributed by atoms with Gasteiger partial charge in [0.25, 0.3) is 0 Å². The van der Waals surface area contributed by atoms with Crippen molar-refractivity contribution in [3.8, 4) is 6.07 Å². The first kappa shape index (κ1) is 18.3. The van der Waals surface area contributed by atoms with Gasteiger partial charge >= 0.3 is 0 Å². The Morgan fingerprint density at radius 2 is 2.29 bits per heavy atom. The van der Waals surface area contributed by atoms with Gasteiger partial charge < -0.3 is 4.90 Å². The van der Waals surface area contributed by atoms with Crippen LogP contribution in [0.3, 0.4) is 0 Å². The maximum atomic E-state index is 12.7. The van der Waals surface area contributed by atoms with Crippen LogP contribution >= 0.6 is 9.39 Å². The van der Waals surface area contributed by atoms with E-state index >= 15 is 0 Å². The summed E-state index contributed by atoms with van der Waals surface area (Å²) in [6, 6.07) is 4.11. The van der Waals surface area contributed by atoms with Crippen LogP contribution in [0.4, 0.5) is 0 Å². The van der Waals surface area contributed by atoms with E-state index < -0.39 is 5.41 Å². The first-order valence-electron chi connectivity index (χ1n) is 7.81. The summed E-state index contributed by atoms with van der Waals surface area (Å²) in [6.45, 7) is 2.58. The van der Waals surface area contributed by atoms with E-state index in [4.69, 9.17) is 0 Å². The van der Waals surface area contributed by atoms with Crippen LogP contribution in [0, 0.1) is 16.7 Å². The zero-order chi connectivity index (χ0) is 17.7. The number of nitrogens with zero attached hydrogens (tertiary/aromatic N) is 5. The second kappa shape index (κ2) is 7.69. The molecular formula is C16H23N6OP. The Balaban J connectivity index is 2.36. The zero-order valence-electron chi connectivity index (χ0n) is 14.3. The molecule has 1 amide bonds. The van der Waals surface area contributed by atoms with Crippen LogP contribution in [-0.2, 0) is 17.8 Å². The van der Waals surface area contributed by atoms with Crippen LogP contribution in [0.1, 0.15) is 31.0 Å². The summed E-state index contributed by atoms with van der Waals surface area (Å²) in [5.74, 6) is -0.0253. The van der Waals surface area contributed by atoms with Crippen LogP contribution in [0.5, 0.6) is 0 Å². The minimum absolute atomic E-state index is 0.0253. The first-order chi connectivity index (χ1) is 11.5. The van der Waals surface area contributed by atoms with E-state index in [-0.39, 0.29) is 12.3 Å². The number of hydrogen-bond donors (Lipinski definition) is 1. The largest absolute Gasteiger partial charge is 0.348 e. The molecule has 2 aromatic rings. The maximum absolute atomic E-state index is 12.7. The molecule has 2 unspecified atom stereocenters. The summed E-state index contributed by atoms with van der Waals surface area (Å²) in [7, 11) is 5.89. The number of fused-ring (bicyclic) bond motifs is 1. The topological polar surface area (TPSA) is 86.3 Å². The number of imidazole rings is 1. The van der Waals surface area contributed by atoms with E-state index in [1.807, 2.05) is 19.2 Å². The summed E-state index contributed by atoms with van der Waals surface area (Å²) < 4.78 is 1.71. The number of amides is 1. The van der Waals surface area contributed by atoms with Crippen molar-refractivity contribution in [1.29, 1.82) is 5.26 Å². The van der Waals surface area contributed by atoms with Crippen molar-refractivity contribution in [2.45, 2.75) is 32.7 Å². The Hall–Kier alpha value is -2.03. The quantitative estimate of drug-likeness (QED) is 0.769. The molecule has 8 heteroatoms. The minimum atomic E-state index is -0.727. The van der Waals surface area contributed by atoms with E-state index in [0.717, 1.165) is 16.9 Å². The van der Waals surface area contributed by atoms with Crippen molar-refractivity contribution in [3.63, 3.8) is 0 Å². The molecule has 0 radical (unpaired) electrons. The van der Waals surface area contributed by atoms with Crippen molar-refractivity contribution in [3.05, 3.63) is 29.7 Å². The SMILES string of the molecule is CCC(CC#N)(Cc1cnn2cc(CNP)nc2c1)C(=O)N(C)C. The highest BCUT2D eigenvalue weighted by Crippen LogP contribution is 2.33. The van der Waals surface area contributed by atoms with Gasteiger partial charge in [-0.05, 0) is 24.5 Å². The molecule has 2 atom stereocenters. The van der Waals surface area contributed by atoms with Gasteiger partial charge in [0.15, 0.2) is 5.65 Å². The molecule has 1 N–H and O–H groups in total. The number of nitriles is 1. The highest BCUT2D eigenvalue weighted by Gasteiger charge is 2.38. The lowest BCUT2D eigenvalue weighted by molar-refractivity contribution is -0.139. The summed E-state index contributed by atoms with van der Waals surface area (Å²) in [6.07, 6.45) is 4.87. The van der Waals surface area contributed by atoms with Crippen molar-refractivity contribution < 1.29 is 4.79 Å². The molecule has 24 heavy (non-hydrogen) atoms. The number of nitrogens with one attached hydrogen (secondary N) is 1. The second-order valence-corrected chi connectivity index (χ2v) is 6.53. The van der Waals surface area contributed by atoms with Gasteiger partial charge in [0.2, 0.25) is 5.91 Å². The lowest BCUT2D eigenvalue weighted by atomic mass is 9.76. The van der Waals surface area contributed by atoms with E-state index in [1.54, 1.807) is 29.7 Å². The van der Waals surface area contributed by atoms with Crippen molar-refractivity contribution in [2.24, 2.45) is 5.41 Å². The first-order valence-corrected chi connectivity index (χ1v) is 8.39. The second-order valence-electron chi connectivity index (χ2n) is 6.12. The van der Waals surface area contributed by atoms with Gasteiger partial charge in [0, 0.05) is 27.1 Å². The molecule has 7 nitrogen and oxygen atoms in total. The van der Waals surface area contributed by atoms with E-state index in [9.17, 15) is 10.1 Å². The molecule has 0 spiro atoms. The van der Waals surface area contributed by atoms with Crippen LogP contribution in [-0.4, -0.2) is 39.5 Å². The van der Waals surface area contributed by atoms with Crippen LogP contribution in [0.15, 0.2) is 18.5 Å². The molecule has 2 rings (SSSR count). The van der Waals surface area contributed by atoms with Gasteiger partial charge in [-0.1, -0.05) is 16.3 Å². The molecule has 0 aliphatic rings. The third-order valence-corrected chi connectivity index (χ3v) is 4.41. The molecule has 2 heterocycles. The van der Waals surface area contributed by atoms with Gasteiger partial charge in [-0.25, -0.2) is 9.50 Å². The molecule has 0 bridgehead atoms. The van der Waals surface area contributed by atoms with Gasteiger partial charge in [-0.2, -0.15) is 10.4 Å². The molecular weight excluding hydrogens is 323 g/mol. The van der Waals surface area contributed by atoms with Gasteiger partial charge in [-0.3, -0.25) is 9.88 Å². The standard InChI is InChI=1S/C16H23N6OP/c1-4-16(5-6-17,15(23)21(2)3)8-12-7-14-20-13(10-19-24)11-22(14)18-9-12/h7,9,11,19H,4-5,8,10,24H2,1-3H3. The maximum Gasteiger partial charge on any atom is 0.229 e. The minimum Gasteiger partial charge on any atom is -0.348 e. The molecule has 0 aliphatic carbocycles. The number of hydrogen-bond acceptors (Lipinski definition) is 5. The van der Waals surface area contributed by atoms with Crippen LogP contribution in [0.2, 0.25) is 0 Å². The number of carbonyl (C=O) groups is 1. The van der Waals surface area contributed by atoms with Gasteiger partial charge in [-0.15, -0.1) is 0 Å². The number of aromatic nitrogens is 3. The Labute approximate surface area is 144 Å². The van der Waals surface area contributed by atoms with Gasteiger partial charge in [0.1, 0.15) is 0 Å². The summed E-state index contributed by atoms with van der Waals surface area (Å²) in [5.41, 5.74) is 1.81. The van der Waals surface area contributed by atoms with E-state index in [1.165, 1.54) is 0 Å². The fourth-order valence-corrected chi connectivity index (χ4v) is 3.09. The lowest BCUT2D eigenvalue weighted by Crippen LogP contribution is -2.41. The molecule has 0 saturated heterocycles. The summed E-state index contributed by atoms with van der Waals surface area (Å²) in [4.78, 5) is 18.7. The predicted molar refractivity (Wildman–Crippen MR) is 94.9 cm³/mol. The Morgan fingerprint density at radius 1 is 1.54 bits per heavy atom. The molecule has 0 aliphatic heterocycles. The van der Waals surface area contributed by atoms with E-state index in [0.29, 0.717) is 19.4 Å². The number of carbonyl (C=O) groups excluding carboxylic acids is 1. The van der Waals surface area contributed by atoms with Crippen molar-refractivity contribution in [2.75, 3.05) is 14.1 Å². The van der Waals surface area contributed by atoms with Crippen LogP contribution < -0.4 is 5.09 Å². The molecule has 2 aromatic heterocycles. The smallest absolute Gasteiger partial charge is 0.229 e. The zero-order valence-corrected chi connectivity index (χ0v) is 15.4. The Morgan fingerprint density at radius 3 is 2.88 bits per heavy atom. The molecule has 0 saturated carbocycles. The fraction of sp³-hybridized carbons (Fsp3) is 0.500. The fourth-order valence-electron chi connectivity index (χ4n) is 2.88. The Kier molecular flexibility index (Phi) is 5.87. The average molecular weight is 346 g/mol. The normalized spacial score (nSPS) is 13.5. The molecule has 0 aromatic carbocycles. The lowest BCUT2D eigenvalue weighted by Gasteiger charge is -2.31. The summed E-state index contributed by atoms with van der Waals surface area (Å²) in [5, 5.41) is 16.6. The average Bonchev–Trinajstić information content (AvgIpc) is 2.95. The molecule has 128 valence electrons. The summed E-state index contributed by atoms with van der Waals surface area (Å²) >= 11 is 0. The monoisotopic (exact) mass is 346 g/mol. The van der Waals surface area contributed by atoms with E-state index in [2.05, 4.69) is 30.6 Å². The predicted octanol–water partition coefficient (Wildman–Crippen LogP) is 1.55. The molecule has 0 fully saturated rings. The van der Waals surface area contributed by atoms with Crippen molar-refractivity contribution >= 4 is 20.9 Å². The van der Waals surface area contributed by atoms with Crippen LogP contribution in [0.25, 0.3) is 5.65 Å². The Bertz CT molecular complexity index is 766. The third kappa shape index (κ3) is 3.72.